The van der Waals surface area contributed by atoms with Crippen LogP contribution >= 0.6 is 11.6 Å². The summed E-state index contributed by atoms with van der Waals surface area (Å²) in [5.74, 6) is -0.193. The molecule has 1 saturated carbocycles. The van der Waals surface area contributed by atoms with Gasteiger partial charge in [0.1, 0.15) is 11.4 Å². The summed E-state index contributed by atoms with van der Waals surface area (Å²) in [4.78, 5) is 41.3. The predicted octanol–water partition coefficient (Wildman–Crippen LogP) is 3.54. The molecule has 1 amide bonds. The molecule has 0 atom stereocenters. The first-order valence-corrected chi connectivity index (χ1v) is 11.9. The summed E-state index contributed by atoms with van der Waals surface area (Å²) < 4.78 is 3.47. The maximum atomic E-state index is 13.0. The van der Waals surface area contributed by atoms with Crippen LogP contribution in [0.4, 0.5) is 5.82 Å². The fourth-order valence-electron chi connectivity index (χ4n) is 3.93. The van der Waals surface area contributed by atoms with Gasteiger partial charge in [0.2, 0.25) is 11.7 Å². The van der Waals surface area contributed by atoms with Gasteiger partial charge in [-0.2, -0.15) is 0 Å². The van der Waals surface area contributed by atoms with Crippen molar-refractivity contribution < 1.29 is 14.7 Å². The lowest BCUT2D eigenvalue weighted by Crippen LogP contribution is -2.43. The number of carbonyl (C=O) groups excluding carboxylic acids is 1. The largest absolute Gasteiger partial charge is 0.481 e. The van der Waals surface area contributed by atoms with E-state index in [0.29, 0.717) is 41.7 Å². The molecule has 1 aromatic carbocycles. The molecule has 9 nitrogen and oxygen atoms in total. The second-order valence-electron chi connectivity index (χ2n) is 8.64. The number of nitrogens with one attached hydrogen (secondary N) is 2. The molecule has 0 aliphatic heterocycles. The van der Waals surface area contributed by atoms with Gasteiger partial charge in [-0.15, -0.1) is 0 Å². The van der Waals surface area contributed by atoms with Crippen LogP contribution in [0, 0.1) is 0 Å². The minimum absolute atomic E-state index is 0.0602. The first kappa shape index (κ1) is 23.8. The molecule has 1 aliphatic carbocycles. The second-order valence-corrected chi connectivity index (χ2v) is 9.07. The minimum atomic E-state index is -0.968. The van der Waals surface area contributed by atoms with E-state index in [1.54, 1.807) is 18.3 Å². The first-order chi connectivity index (χ1) is 16.3. The van der Waals surface area contributed by atoms with Gasteiger partial charge in [0.05, 0.1) is 12.1 Å². The molecule has 4 rings (SSSR count). The van der Waals surface area contributed by atoms with E-state index in [0.717, 1.165) is 24.8 Å². The predicted molar refractivity (Wildman–Crippen MR) is 130 cm³/mol. The number of anilines is 1. The Balaban J connectivity index is 1.68. The highest BCUT2D eigenvalue weighted by Gasteiger charge is 2.50. The highest BCUT2D eigenvalue weighted by Crippen LogP contribution is 2.39. The average molecular weight is 486 g/mol. The monoisotopic (exact) mass is 485 g/mol. The van der Waals surface area contributed by atoms with Crippen LogP contribution in [0.25, 0.3) is 17.0 Å². The number of carboxylic acids is 1. The third-order valence-electron chi connectivity index (χ3n) is 6.02. The molecule has 34 heavy (non-hydrogen) atoms. The van der Waals surface area contributed by atoms with Crippen molar-refractivity contribution in [3.8, 4) is 11.3 Å². The molecule has 0 radical (unpaired) electrons. The minimum Gasteiger partial charge on any atom is -0.481 e. The Hall–Kier alpha value is -3.33. The fourth-order valence-corrected chi connectivity index (χ4v) is 4.06. The van der Waals surface area contributed by atoms with Gasteiger partial charge in [-0.25, -0.2) is 4.98 Å². The highest BCUT2D eigenvalue weighted by molar-refractivity contribution is 6.30. The topological polar surface area (TPSA) is 118 Å². The number of fused-ring (bicyclic) bond motifs is 1. The van der Waals surface area contributed by atoms with Crippen molar-refractivity contribution in [2.75, 3.05) is 11.9 Å². The highest BCUT2D eigenvalue weighted by atomic mass is 35.5. The molecule has 0 spiro atoms. The molecule has 180 valence electrons. The number of hydrogen-bond donors (Lipinski definition) is 3. The lowest BCUT2D eigenvalue weighted by molar-refractivity contribution is -0.137. The Labute approximate surface area is 201 Å². The standard InChI is InChI=1S/C24H28ClN5O4/c1-2-3-4-13-29-19(28-24(10-11-24)22(34)26-12-9-21(32)33)14-20(31)30-15-18(27-23(29)30)16-5-7-17(25)8-6-16/h5-8,14-15,28H,2-4,9-13H2,1H3,(H,26,34)(H,32,33). The van der Waals surface area contributed by atoms with Crippen LogP contribution in [0.1, 0.15) is 45.4 Å². The van der Waals surface area contributed by atoms with Crippen LogP contribution in [-0.2, 0) is 16.1 Å². The van der Waals surface area contributed by atoms with Crippen molar-refractivity contribution in [3.05, 3.63) is 51.9 Å². The van der Waals surface area contributed by atoms with Crippen LogP contribution < -0.4 is 16.2 Å². The Morgan fingerprint density at radius 2 is 1.94 bits per heavy atom. The maximum absolute atomic E-state index is 13.0. The molecule has 1 aliphatic rings. The van der Waals surface area contributed by atoms with Gasteiger partial charge in [-0.05, 0) is 31.4 Å². The van der Waals surface area contributed by atoms with Gasteiger partial charge >= 0.3 is 5.97 Å². The zero-order valence-electron chi connectivity index (χ0n) is 19.0. The number of carboxylic acid groups (broad SMARTS) is 1. The molecule has 0 bridgehead atoms. The van der Waals surface area contributed by atoms with E-state index < -0.39 is 11.5 Å². The Bertz CT molecular complexity index is 1260. The summed E-state index contributed by atoms with van der Waals surface area (Å²) in [7, 11) is 0. The number of amides is 1. The molecule has 1 fully saturated rings. The zero-order chi connectivity index (χ0) is 24.3. The SMILES string of the molecule is CCCCCn1c(NC2(C(=O)NCCC(=O)O)CC2)cc(=O)n2cc(-c3ccc(Cl)cc3)nc12. The first-order valence-electron chi connectivity index (χ1n) is 11.5. The number of halogens is 1. The molecular weight excluding hydrogens is 458 g/mol. The number of aryl methyl sites for hydroxylation is 1. The Kier molecular flexibility index (Phi) is 6.92. The number of carbonyl (C=O) groups is 2. The molecular formula is C24H28ClN5O4. The van der Waals surface area contributed by atoms with Gasteiger partial charge in [0.25, 0.3) is 5.56 Å². The van der Waals surface area contributed by atoms with Gasteiger partial charge < -0.3 is 15.7 Å². The number of imidazole rings is 1. The number of aliphatic carboxylic acids is 1. The summed E-state index contributed by atoms with van der Waals surface area (Å²) in [5, 5.41) is 15.4. The normalized spacial score (nSPS) is 14.2. The number of unbranched alkanes of at least 4 members (excludes halogenated alkanes) is 2. The summed E-state index contributed by atoms with van der Waals surface area (Å²) in [6.45, 7) is 2.81. The van der Waals surface area contributed by atoms with Crippen molar-refractivity contribution in [1.82, 2.24) is 19.3 Å². The summed E-state index contributed by atoms with van der Waals surface area (Å²) in [6.07, 6.45) is 5.73. The van der Waals surface area contributed by atoms with Crippen molar-refractivity contribution in [1.29, 1.82) is 0 Å². The van der Waals surface area contributed by atoms with Gasteiger partial charge in [0, 0.05) is 35.9 Å². The molecule has 0 saturated heterocycles. The van der Waals surface area contributed by atoms with Crippen LogP contribution in [0.3, 0.4) is 0 Å². The number of aromatic nitrogens is 3. The van der Waals surface area contributed by atoms with E-state index in [4.69, 9.17) is 21.7 Å². The summed E-state index contributed by atoms with van der Waals surface area (Å²) in [6, 6.07) is 8.77. The third kappa shape index (κ3) is 5.09. The van der Waals surface area contributed by atoms with E-state index in [-0.39, 0.29) is 24.4 Å². The van der Waals surface area contributed by atoms with Crippen LogP contribution in [-0.4, -0.2) is 43.0 Å². The van der Waals surface area contributed by atoms with Crippen LogP contribution in [0.15, 0.2) is 41.3 Å². The molecule has 3 aromatic rings. The van der Waals surface area contributed by atoms with E-state index in [2.05, 4.69) is 17.6 Å². The fraction of sp³-hybridized carbons (Fsp3) is 0.417. The summed E-state index contributed by atoms with van der Waals surface area (Å²) in [5.41, 5.74) is 0.404. The van der Waals surface area contributed by atoms with Crippen molar-refractivity contribution >= 4 is 35.1 Å². The van der Waals surface area contributed by atoms with Crippen molar-refractivity contribution in [3.63, 3.8) is 0 Å². The lowest BCUT2D eigenvalue weighted by Gasteiger charge is -2.22. The van der Waals surface area contributed by atoms with Crippen LogP contribution in [0.2, 0.25) is 5.02 Å². The van der Waals surface area contributed by atoms with Crippen molar-refractivity contribution in [2.24, 2.45) is 0 Å². The van der Waals surface area contributed by atoms with Crippen molar-refractivity contribution in [2.45, 2.75) is 57.5 Å². The average Bonchev–Trinajstić information content (AvgIpc) is 3.44. The van der Waals surface area contributed by atoms with Crippen LogP contribution in [0.5, 0.6) is 0 Å². The van der Waals surface area contributed by atoms with E-state index in [1.807, 2.05) is 16.7 Å². The lowest BCUT2D eigenvalue weighted by atomic mass is 10.2. The Morgan fingerprint density at radius 1 is 1.21 bits per heavy atom. The molecule has 10 heteroatoms. The van der Waals surface area contributed by atoms with Gasteiger partial charge in [-0.3, -0.25) is 23.4 Å². The number of benzene rings is 1. The van der Waals surface area contributed by atoms with Gasteiger partial charge in [-0.1, -0.05) is 43.5 Å². The second kappa shape index (κ2) is 9.89. The van der Waals surface area contributed by atoms with Gasteiger partial charge in [0.15, 0.2) is 0 Å². The Morgan fingerprint density at radius 3 is 2.59 bits per heavy atom. The number of nitrogens with zero attached hydrogens (tertiary/aromatic N) is 3. The quantitative estimate of drug-likeness (QED) is 0.357. The van der Waals surface area contributed by atoms with E-state index in [1.165, 1.54) is 10.5 Å². The molecule has 2 heterocycles. The zero-order valence-corrected chi connectivity index (χ0v) is 19.8. The smallest absolute Gasteiger partial charge is 0.305 e. The van der Waals surface area contributed by atoms with E-state index >= 15 is 0 Å². The van der Waals surface area contributed by atoms with E-state index in [9.17, 15) is 14.4 Å². The third-order valence-corrected chi connectivity index (χ3v) is 6.27. The number of hydrogen-bond acceptors (Lipinski definition) is 5. The molecule has 3 N–H and O–H groups in total. The molecule has 2 aromatic heterocycles. The molecule has 0 unspecified atom stereocenters. The summed E-state index contributed by atoms with van der Waals surface area (Å²) >= 11 is 6.01. The maximum Gasteiger partial charge on any atom is 0.305 e. The number of rotatable bonds is 11.